The molecule has 1 fully saturated rings. The van der Waals surface area contributed by atoms with E-state index in [0.717, 1.165) is 32.0 Å². The second kappa shape index (κ2) is 9.80. The molecule has 180 valence electrons. The van der Waals surface area contributed by atoms with Gasteiger partial charge >= 0.3 is 6.09 Å². The first-order valence-corrected chi connectivity index (χ1v) is 12.1. The van der Waals surface area contributed by atoms with Crippen molar-refractivity contribution in [3.63, 3.8) is 0 Å². The van der Waals surface area contributed by atoms with Crippen LogP contribution in [0.1, 0.15) is 66.5 Å². The van der Waals surface area contributed by atoms with Crippen LogP contribution in [0.3, 0.4) is 0 Å². The van der Waals surface area contributed by atoms with Gasteiger partial charge in [-0.2, -0.15) is 5.10 Å². The number of hydrogen-bond donors (Lipinski definition) is 3. The van der Waals surface area contributed by atoms with E-state index in [2.05, 4.69) is 26.0 Å². The Morgan fingerprint density at radius 3 is 2.71 bits per heavy atom. The third-order valence-electron chi connectivity index (χ3n) is 5.41. The van der Waals surface area contributed by atoms with Gasteiger partial charge in [0, 0.05) is 17.6 Å². The number of fused-ring (bicyclic) bond motifs is 1. The monoisotopic (exact) mass is 484 g/mol. The van der Waals surface area contributed by atoms with E-state index in [9.17, 15) is 14.4 Å². The number of amides is 2. The molecule has 2 atom stereocenters. The Morgan fingerprint density at radius 1 is 1.24 bits per heavy atom. The summed E-state index contributed by atoms with van der Waals surface area (Å²) in [5.74, 6) is 0.223. The van der Waals surface area contributed by atoms with Crippen molar-refractivity contribution in [2.45, 2.75) is 64.1 Å². The molecule has 3 N–H and O–H groups in total. The molecule has 10 nitrogen and oxygen atoms in total. The number of nitrogens with one attached hydrogen (secondary N) is 3. The number of thiophene rings is 1. The van der Waals surface area contributed by atoms with Crippen molar-refractivity contribution in [1.29, 1.82) is 0 Å². The minimum Gasteiger partial charge on any atom is -0.444 e. The number of carbonyl (C=O) groups excluding carboxylic acids is 3. The van der Waals surface area contributed by atoms with Gasteiger partial charge in [-0.1, -0.05) is 12.8 Å². The summed E-state index contributed by atoms with van der Waals surface area (Å²) < 4.78 is 6.95. The number of alkyl carbamates (subject to hydrolysis) is 1. The van der Waals surface area contributed by atoms with E-state index >= 15 is 0 Å². The maximum atomic E-state index is 12.8. The van der Waals surface area contributed by atoms with Gasteiger partial charge in [0.05, 0.1) is 22.8 Å². The van der Waals surface area contributed by atoms with Crippen LogP contribution < -0.4 is 16.0 Å². The lowest BCUT2D eigenvalue weighted by Crippen LogP contribution is -2.49. The number of aldehydes is 1. The second-order valence-electron chi connectivity index (χ2n) is 9.24. The highest BCUT2D eigenvalue weighted by Gasteiger charge is 2.29. The fourth-order valence-electron chi connectivity index (χ4n) is 3.91. The first-order chi connectivity index (χ1) is 16.2. The normalized spacial score (nSPS) is 18.3. The Bertz CT molecular complexity index is 1200. The zero-order valence-electron chi connectivity index (χ0n) is 19.3. The maximum Gasteiger partial charge on any atom is 0.407 e. The third-order valence-corrected chi connectivity index (χ3v) is 6.27. The molecule has 0 spiro atoms. The van der Waals surface area contributed by atoms with Gasteiger partial charge in [-0.25, -0.2) is 14.3 Å². The average Bonchev–Trinajstić information content (AvgIpc) is 3.40. The molecule has 3 aromatic heterocycles. The minimum absolute atomic E-state index is 0.0241. The van der Waals surface area contributed by atoms with E-state index in [1.165, 1.54) is 22.0 Å². The molecule has 3 aromatic rings. The molecule has 0 radical (unpaired) electrons. The Kier molecular flexibility index (Phi) is 6.82. The zero-order chi connectivity index (χ0) is 24.3. The molecule has 1 aliphatic rings. The molecule has 0 unspecified atom stereocenters. The van der Waals surface area contributed by atoms with E-state index in [-0.39, 0.29) is 18.0 Å². The van der Waals surface area contributed by atoms with Crippen LogP contribution in [0.15, 0.2) is 29.9 Å². The number of anilines is 2. The van der Waals surface area contributed by atoms with Gasteiger partial charge < -0.3 is 20.7 Å². The van der Waals surface area contributed by atoms with Crippen molar-refractivity contribution < 1.29 is 19.1 Å². The van der Waals surface area contributed by atoms with Crippen molar-refractivity contribution in [1.82, 2.24) is 19.9 Å². The predicted octanol–water partition coefficient (Wildman–Crippen LogP) is 4.10. The molecule has 0 saturated heterocycles. The fraction of sp³-hybridized carbons (Fsp3) is 0.435. The van der Waals surface area contributed by atoms with Gasteiger partial charge in [0.15, 0.2) is 11.9 Å². The molecule has 0 bridgehead atoms. The fourth-order valence-corrected chi connectivity index (χ4v) is 4.55. The smallest absolute Gasteiger partial charge is 0.407 e. The van der Waals surface area contributed by atoms with E-state index in [1.54, 1.807) is 23.7 Å². The zero-order valence-corrected chi connectivity index (χ0v) is 20.1. The maximum absolute atomic E-state index is 12.8. The third kappa shape index (κ3) is 5.71. The van der Waals surface area contributed by atoms with Crippen molar-refractivity contribution in [2.75, 3.05) is 10.6 Å². The first-order valence-electron chi connectivity index (χ1n) is 11.2. The first kappa shape index (κ1) is 23.7. The van der Waals surface area contributed by atoms with Gasteiger partial charge in [-0.15, -0.1) is 11.3 Å². The molecular weight excluding hydrogens is 456 g/mol. The van der Waals surface area contributed by atoms with Crippen molar-refractivity contribution >= 4 is 46.8 Å². The Labute approximate surface area is 201 Å². The van der Waals surface area contributed by atoms with Crippen LogP contribution in [0.4, 0.5) is 16.3 Å². The SMILES string of the molecule is CC(C)(C)OC(=O)N[C@H]1CCCC[C@H]1Nc1ccn2ncc(C(=O)Nc3csc(C=O)c3)c2n1. The Hall–Kier alpha value is -3.47. The standard InChI is InChI=1S/C23H28N6O4S/c1-23(2,3)33-22(32)27-18-7-5-4-6-17(18)26-19-8-9-29-20(28-19)16(11-24-29)21(31)25-14-10-15(12-30)34-13-14/h8-13,17-18H,4-7H2,1-3H3,(H,25,31)(H,26,28)(H,27,32)/t17-,18+/m1/s1. The number of ether oxygens (including phenoxy) is 1. The van der Waals surface area contributed by atoms with E-state index in [4.69, 9.17) is 4.74 Å². The topological polar surface area (TPSA) is 127 Å². The molecule has 4 rings (SSSR count). The summed E-state index contributed by atoms with van der Waals surface area (Å²) in [6, 6.07) is 3.28. The molecule has 0 aromatic carbocycles. The van der Waals surface area contributed by atoms with Crippen LogP contribution >= 0.6 is 11.3 Å². The van der Waals surface area contributed by atoms with Gasteiger partial charge in [-0.3, -0.25) is 9.59 Å². The van der Waals surface area contributed by atoms with Crippen LogP contribution in [0.25, 0.3) is 5.65 Å². The Balaban J connectivity index is 1.48. The summed E-state index contributed by atoms with van der Waals surface area (Å²) in [5.41, 5.74) is 0.699. The minimum atomic E-state index is -0.564. The van der Waals surface area contributed by atoms with Crippen LogP contribution in [0.2, 0.25) is 0 Å². The van der Waals surface area contributed by atoms with Crippen LogP contribution in [0, 0.1) is 0 Å². The highest BCUT2D eigenvalue weighted by Crippen LogP contribution is 2.24. The number of rotatable bonds is 6. The predicted molar refractivity (Wildman–Crippen MR) is 130 cm³/mol. The highest BCUT2D eigenvalue weighted by molar-refractivity contribution is 7.12. The highest BCUT2D eigenvalue weighted by atomic mass is 32.1. The van der Waals surface area contributed by atoms with Gasteiger partial charge in [0.25, 0.3) is 5.91 Å². The Morgan fingerprint density at radius 2 is 2.00 bits per heavy atom. The average molecular weight is 485 g/mol. The lowest BCUT2D eigenvalue weighted by atomic mass is 9.90. The largest absolute Gasteiger partial charge is 0.444 e. The lowest BCUT2D eigenvalue weighted by molar-refractivity contribution is 0.0488. The van der Waals surface area contributed by atoms with Gasteiger partial charge in [0.1, 0.15) is 17.0 Å². The van der Waals surface area contributed by atoms with E-state index in [1.807, 2.05) is 20.8 Å². The quantitative estimate of drug-likeness (QED) is 0.450. The summed E-state index contributed by atoms with van der Waals surface area (Å²) >= 11 is 1.25. The van der Waals surface area contributed by atoms with Crippen LogP contribution in [-0.2, 0) is 4.74 Å². The second-order valence-corrected chi connectivity index (χ2v) is 10.2. The summed E-state index contributed by atoms with van der Waals surface area (Å²) in [6.45, 7) is 5.50. The molecule has 0 aliphatic heterocycles. The van der Waals surface area contributed by atoms with Crippen molar-refractivity contribution in [3.05, 3.63) is 40.3 Å². The summed E-state index contributed by atoms with van der Waals surface area (Å²) in [4.78, 5) is 41.1. The summed E-state index contributed by atoms with van der Waals surface area (Å²) in [6.07, 6.45) is 7.27. The van der Waals surface area contributed by atoms with Crippen LogP contribution in [0.5, 0.6) is 0 Å². The molecule has 2 amide bonds. The van der Waals surface area contributed by atoms with Crippen molar-refractivity contribution in [2.24, 2.45) is 0 Å². The molecule has 1 saturated carbocycles. The number of carbonyl (C=O) groups is 3. The van der Waals surface area contributed by atoms with Gasteiger partial charge in [0.2, 0.25) is 0 Å². The number of nitrogens with zero attached hydrogens (tertiary/aromatic N) is 3. The summed E-state index contributed by atoms with van der Waals surface area (Å²) in [5, 5.41) is 15.1. The molecule has 1 aliphatic carbocycles. The lowest BCUT2D eigenvalue weighted by Gasteiger charge is -2.33. The molecule has 3 heterocycles. The van der Waals surface area contributed by atoms with E-state index < -0.39 is 11.7 Å². The number of aromatic nitrogens is 3. The molecule has 11 heteroatoms. The van der Waals surface area contributed by atoms with Crippen molar-refractivity contribution in [3.8, 4) is 0 Å². The summed E-state index contributed by atoms with van der Waals surface area (Å²) in [7, 11) is 0. The molecule has 34 heavy (non-hydrogen) atoms. The van der Waals surface area contributed by atoms with Crippen LogP contribution in [-0.4, -0.2) is 50.6 Å². The number of hydrogen-bond acceptors (Lipinski definition) is 8. The van der Waals surface area contributed by atoms with E-state index in [0.29, 0.717) is 27.6 Å². The molecular formula is C23H28N6O4S. The van der Waals surface area contributed by atoms with Gasteiger partial charge in [-0.05, 0) is 45.7 Å².